The van der Waals surface area contributed by atoms with Crippen LogP contribution < -0.4 is 4.72 Å². The number of hydrogen-bond acceptors (Lipinski definition) is 3. The zero-order chi connectivity index (χ0) is 9.90. The summed E-state index contributed by atoms with van der Waals surface area (Å²) in [5, 5.41) is 8.66. The van der Waals surface area contributed by atoms with Gasteiger partial charge in [-0.2, -0.15) is 18.0 Å². The molecule has 1 N–H and O–H groups in total. The van der Waals surface area contributed by atoms with Crippen LogP contribution in [0.2, 0.25) is 0 Å². The molecule has 1 atom stereocenters. The molecule has 74 valence electrons. The van der Waals surface area contributed by atoms with Crippen LogP contribution in [0.15, 0.2) is 0 Å². The Morgan fingerprint density at radius 2 is 2.31 bits per heavy atom. The Balaban J connectivity index is 2.68. The summed E-state index contributed by atoms with van der Waals surface area (Å²) in [6.07, 6.45) is 1.56. The van der Waals surface area contributed by atoms with Crippen LogP contribution in [0, 0.1) is 17.2 Å². The second-order valence-corrected chi connectivity index (χ2v) is 4.91. The molecule has 1 heterocycles. The fourth-order valence-electron chi connectivity index (χ4n) is 1.40. The van der Waals surface area contributed by atoms with E-state index in [1.54, 1.807) is 0 Å². The van der Waals surface area contributed by atoms with Crippen LogP contribution in [0.3, 0.4) is 0 Å². The summed E-state index contributed by atoms with van der Waals surface area (Å²) in [6, 6.07) is 2.10. The van der Waals surface area contributed by atoms with Crippen molar-refractivity contribution in [1.29, 1.82) is 5.26 Å². The topological polar surface area (TPSA) is 73.2 Å². The quantitative estimate of drug-likeness (QED) is 0.669. The fourth-order valence-corrected chi connectivity index (χ4v) is 2.40. The molecule has 1 fully saturated rings. The molecule has 1 unspecified atom stereocenters. The average molecular weight is 203 g/mol. The van der Waals surface area contributed by atoms with E-state index in [-0.39, 0.29) is 5.92 Å². The maximum atomic E-state index is 11.3. The molecule has 0 amide bonds. The molecule has 13 heavy (non-hydrogen) atoms. The first-order chi connectivity index (χ1) is 6.10. The smallest absolute Gasteiger partial charge is 0.205 e. The second kappa shape index (κ2) is 4.05. The van der Waals surface area contributed by atoms with Gasteiger partial charge in [-0.15, -0.1) is 0 Å². The third-order valence-electron chi connectivity index (χ3n) is 2.16. The van der Waals surface area contributed by atoms with Crippen LogP contribution in [0.1, 0.15) is 12.8 Å². The van der Waals surface area contributed by atoms with E-state index in [0.717, 1.165) is 12.8 Å². The average Bonchev–Trinajstić information content (AvgIpc) is 2.18. The van der Waals surface area contributed by atoms with Gasteiger partial charge in [0, 0.05) is 20.1 Å². The van der Waals surface area contributed by atoms with Crippen LogP contribution in [0.4, 0.5) is 0 Å². The lowest BCUT2D eigenvalue weighted by atomic mass is 10.0. The molecule has 1 aliphatic rings. The Morgan fingerprint density at radius 1 is 1.62 bits per heavy atom. The molecule has 0 saturated carbocycles. The lowest BCUT2D eigenvalue weighted by Gasteiger charge is -2.27. The van der Waals surface area contributed by atoms with Crippen LogP contribution in [-0.4, -0.2) is 32.9 Å². The van der Waals surface area contributed by atoms with Crippen molar-refractivity contribution in [2.75, 3.05) is 20.1 Å². The van der Waals surface area contributed by atoms with Crippen molar-refractivity contribution in [2.24, 2.45) is 5.92 Å². The molecule has 1 saturated heterocycles. The zero-order valence-electron chi connectivity index (χ0n) is 7.52. The summed E-state index contributed by atoms with van der Waals surface area (Å²) in [4.78, 5) is 0. The monoisotopic (exact) mass is 203 g/mol. The van der Waals surface area contributed by atoms with E-state index in [9.17, 15) is 8.42 Å². The molecule has 0 aromatic heterocycles. The Bertz CT molecular complexity index is 306. The minimum absolute atomic E-state index is 0.156. The summed E-state index contributed by atoms with van der Waals surface area (Å²) in [5.41, 5.74) is 0. The van der Waals surface area contributed by atoms with Gasteiger partial charge >= 0.3 is 0 Å². The van der Waals surface area contributed by atoms with Crippen LogP contribution in [-0.2, 0) is 10.2 Å². The Morgan fingerprint density at radius 3 is 2.85 bits per heavy atom. The molecule has 0 aromatic rings. The molecular weight excluding hydrogens is 190 g/mol. The minimum atomic E-state index is -3.33. The van der Waals surface area contributed by atoms with Gasteiger partial charge in [0.2, 0.25) is 0 Å². The highest BCUT2D eigenvalue weighted by Crippen LogP contribution is 2.17. The van der Waals surface area contributed by atoms with Gasteiger partial charge in [0.25, 0.3) is 10.2 Å². The van der Waals surface area contributed by atoms with Gasteiger partial charge in [0.05, 0.1) is 12.0 Å². The fraction of sp³-hybridized carbons (Fsp3) is 0.857. The van der Waals surface area contributed by atoms with Gasteiger partial charge in [-0.3, -0.25) is 0 Å². The van der Waals surface area contributed by atoms with Crippen molar-refractivity contribution in [2.45, 2.75) is 12.8 Å². The third kappa shape index (κ3) is 2.40. The van der Waals surface area contributed by atoms with Gasteiger partial charge in [-0.25, -0.2) is 4.72 Å². The molecule has 0 radical (unpaired) electrons. The number of rotatable bonds is 2. The molecular formula is C7H13N3O2S. The van der Waals surface area contributed by atoms with Gasteiger partial charge in [-0.1, -0.05) is 0 Å². The Kier molecular flexibility index (Phi) is 3.25. The van der Waals surface area contributed by atoms with Gasteiger partial charge < -0.3 is 0 Å². The molecule has 0 spiro atoms. The number of nitrogens with zero attached hydrogens (tertiary/aromatic N) is 2. The normalized spacial score (nSPS) is 25.4. The van der Waals surface area contributed by atoms with Crippen molar-refractivity contribution >= 4 is 10.2 Å². The summed E-state index contributed by atoms with van der Waals surface area (Å²) >= 11 is 0. The predicted octanol–water partition coefficient (Wildman–Crippen LogP) is -0.314. The number of nitrogens with one attached hydrogen (secondary N) is 1. The second-order valence-electron chi connectivity index (χ2n) is 3.04. The molecule has 0 aliphatic carbocycles. The van der Waals surface area contributed by atoms with Crippen LogP contribution in [0.25, 0.3) is 0 Å². The molecule has 1 aliphatic heterocycles. The van der Waals surface area contributed by atoms with Gasteiger partial charge in [-0.05, 0) is 12.8 Å². The third-order valence-corrected chi connectivity index (χ3v) is 3.69. The number of piperidine rings is 1. The highest BCUT2D eigenvalue weighted by Gasteiger charge is 2.27. The van der Waals surface area contributed by atoms with Crippen molar-refractivity contribution in [3.05, 3.63) is 0 Å². The van der Waals surface area contributed by atoms with Gasteiger partial charge in [0.1, 0.15) is 0 Å². The predicted molar refractivity (Wildman–Crippen MR) is 47.9 cm³/mol. The SMILES string of the molecule is CNS(=O)(=O)N1CCCC(C#N)C1. The lowest BCUT2D eigenvalue weighted by Crippen LogP contribution is -2.44. The summed E-state index contributed by atoms with van der Waals surface area (Å²) in [6.45, 7) is 0.834. The zero-order valence-corrected chi connectivity index (χ0v) is 8.34. The van der Waals surface area contributed by atoms with Crippen LogP contribution >= 0.6 is 0 Å². The summed E-state index contributed by atoms with van der Waals surface area (Å²) in [5.74, 6) is -0.156. The first-order valence-corrected chi connectivity index (χ1v) is 5.62. The van der Waals surface area contributed by atoms with E-state index in [0.29, 0.717) is 13.1 Å². The number of nitriles is 1. The van der Waals surface area contributed by atoms with E-state index in [2.05, 4.69) is 10.8 Å². The maximum Gasteiger partial charge on any atom is 0.279 e. The minimum Gasteiger partial charge on any atom is -0.205 e. The van der Waals surface area contributed by atoms with Crippen molar-refractivity contribution in [3.8, 4) is 6.07 Å². The van der Waals surface area contributed by atoms with Gasteiger partial charge in [0.15, 0.2) is 0 Å². The van der Waals surface area contributed by atoms with E-state index < -0.39 is 10.2 Å². The van der Waals surface area contributed by atoms with Crippen molar-refractivity contribution in [1.82, 2.24) is 9.03 Å². The highest BCUT2D eigenvalue weighted by atomic mass is 32.2. The molecule has 0 aromatic carbocycles. The Hall–Kier alpha value is -0.640. The van der Waals surface area contributed by atoms with E-state index in [1.165, 1.54) is 11.4 Å². The summed E-state index contributed by atoms with van der Waals surface area (Å²) < 4.78 is 26.2. The van der Waals surface area contributed by atoms with E-state index in [4.69, 9.17) is 5.26 Å². The molecule has 0 bridgehead atoms. The highest BCUT2D eigenvalue weighted by molar-refractivity contribution is 7.87. The van der Waals surface area contributed by atoms with Crippen LogP contribution in [0.5, 0.6) is 0 Å². The van der Waals surface area contributed by atoms with Crippen molar-refractivity contribution in [3.63, 3.8) is 0 Å². The first kappa shape index (κ1) is 10.4. The maximum absolute atomic E-state index is 11.3. The number of hydrogen-bond donors (Lipinski definition) is 1. The standard InChI is InChI=1S/C7H13N3O2S/c1-9-13(11,12)10-4-2-3-7(5-8)6-10/h7,9H,2-4,6H2,1H3. The molecule has 6 heteroatoms. The summed E-state index contributed by atoms with van der Waals surface area (Å²) in [7, 11) is -1.95. The lowest BCUT2D eigenvalue weighted by molar-refractivity contribution is 0.302. The molecule has 5 nitrogen and oxygen atoms in total. The molecule has 1 rings (SSSR count). The van der Waals surface area contributed by atoms with E-state index in [1.807, 2.05) is 0 Å². The first-order valence-electron chi connectivity index (χ1n) is 4.18. The van der Waals surface area contributed by atoms with E-state index >= 15 is 0 Å². The van der Waals surface area contributed by atoms with Crippen molar-refractivity contribution < 1.29 is 8.42 Å². The Labute approximate surface area is 78.5 Å². The largest absolute Gasteiger partial charge is 0.279 e.